The summed E-state index contributed by atoms with van der Waals surface area (Å²) in [6, 6.07) is 10.1. The molecule has 0 saturated carbocycles. The number of rotatable bonds is 5. The van der Waals surface area contributed by atoms with Gasteiger partial charge in [0, 0.05) is 50.6 Å². The maximum Gasteiger partial charge on any atom is 0.245 e. The van der Waals surface area contributed by atoms with Crippen LogP contribution in [0.4, 0.5) is 5.95 Å². The van der Waals surface area contributed by atoms with Crippen LogP contribution < -0.4 is 4.90 Å². The van der Waals surface area contributed by atoms with E-state index in [1.54, 1.807) is 11.9 Å². The lowest BCUT2D eigenvalue weighted by Gasteiger charge is -2.40. The van der Waals surface area contributed by atoms with Crippen molar-refractivity contribution in [3.05, 3.63) is 55.4 Å². The number of carbonyl (C=O) groups excluding carboxylic acids is 1. The van der Waals surface area contributed by atoms with Crippen LogP contribution in [0.15, 0.2) is 55.4 Å². The minimum atomic E-state index is -0.0353. The van der Waals surface area contributed by atoms with Gasteiger partial charge >= 0.3 is 0 Å². The Bertz CT molecular complexity index is 678. The Labute approximate surface area is 136 Å². The van der Waals surface area contributed by atoms with E-state index in [1.165, 1.54) is 6.08 Å². The SMILES string of the molecule is C=CC(=O)N(C)CC1CN(c2ncc(-c3ccccc3)cn2)C1. The van der Waals surface area contributed by atoms with Crippen LogP contribution in [0.1, 0.15) is 0 Å². The molecule has 1 amide bonds. The zero-order valence-corrected chi connectivity index (χ0v) is 13.2. The largest absolute Gasteiger partial charge is 0.342 e. The fraction of sp³-hybridized carbons (Fsp3) is 0.278. The van der Waals surface area contributed by atoms with Gasteiger partial charge in [-0.15, -0.1) is 0 Å². The van der Waals surface area contributed by atoms with Gasteiger partial charge in [0.05, 0.1) is 0 Å². The van der Waals surface area contributed by atoms with Crippen LogP contribution in [0.3, 0.4) is 0 Å². The normalized spacial score (nSPS) is 14.2. The van der Waals surface area contributed by atoms with Crippen LogP contribution in [0.25, 0.3) is 11.1 Å². The second kappa shape index (κ2) is 6.60. The Morgan fingerprint density at radius 1 is 1.26 bits per heavy atom. The molecule has 3 rings (SSSR count). The summed E-state index contributed by atoms with van der Waals surface area (Å²) < 4.78 is 0. The maximum atomic E-state index is 11.5. The first-order valence-corrected chi connectivity index (χ1v) is 7.67. The van der Waals surface area contributed by atoms with E-state index in [1.807, 2.05) is 42.7 Å². The lowest BCUT2D eigenvalue weighted by Crippen LogP contribution is -2.52. The first-order valence-electron chi connectivity index (χ1n) is 7.67. The summed E-state index contributed by atoms with van der Waals surface area (Å²) in [5, 5.41) is 0. The van der Waals surface area contributed by atoms with Gasteiger partial charge in [-0.1, -0.05) is 36.9 Å². The van der Waals surface area contributed by atoms with E-state index >= 15 is 0 Å². The molecule has 0 atom stereocenters. The number of aromatic nitrogens is 2. The minimum absolute atomic E-state index is 0.0353. The molecular formula is C18H20N4O. The van der Waals surface area contributed by atoms with Crippen LogP contribution in [0.5, 0.6) is 0 Å². The lowest BCUT2D eigenvalue weighted by molar-refractivity contribution is -0.125. The van der Waals surface area contributed by atoms with Crippen molar-refractivity contribution in [3.63, 3.8) is 0 Å². The average Bonchev–Trinajstić information content (AvgIpc) is 2.57. The number of benzene rings is 1. The Balaban J connectivity index is 1.56. The summed E-state index contributed by atoms with van der Waals surface area (Å²) in [5.74, 6) is 1.17. The smallest absolute Gasteiger partial charge is 0.245 e. The highest BCUT2D eigenvalue weighted by Crippen LogP contribution is 2.23. The molecule has 23 heavy (non-hydrogen) atoms. The molecular weight excluding hydrogens is 288 g/mol. The lowest BCUT2D eigenvalue weighted by atomic mass is 10.00. The van der Waals surface area contributed by atoms with Crippen molar-refractivity contribution in [2.75, 3.05) is 31.6 Å². The Kier molecular flexibility index (Phi) is 4.37. The van der Waals surface area contributed by atoms with Crippen molar-refractivity contribution < 1.29 is 4.79 Å². The van der Waals surface area contributed by atoms with Gasteiger partial charge in [-0.2, -0.15) is 0 Å². The van der Waals surface area contributed by atoms with Crippen molar-refractivity contribution in [2.45, 2.75) is 0 Å². The predicted octanol–water partition coefficient (Wildman–Crippen LogP) is 2.22. The fourth-order valence-electron chi connectivity index (χ4n) is 2.75. The molecule has 0 spiro atoms. The summed E-state index contributed by atoms with van der Waals surface area (Å²) in [7, 11) is 1.80. The zero-order valence-electron chi connectivity index (χ0n) is 13.2. The quantitative estimate of drug-likeness (QED) is 0.795. The fourth-order valence-corrected chi connectivity index (χ4v) is 2.75. The molecule has 1 aliphatic rings. The molecule has 1 fully saturated rings. The molecule has 0 radical (unpaired) electrons. The number of hydrogen-bond acceptors (Lipinski definition) is 4. The molecule has 0 aliphatic carbocycles. The van der Waals surface area contributed by atoms with E-state index in [2.05, 4.69) is 21.4 Å². The zero-order chi connectivity index (χ0) is 16.2. The number of hydrogen-bond donors (Lipinski definition) is 0. The molecule has 0 unspecified atom stereocenters. The van der Waals surface area contributed by atoms with Gasteiger partial charge in [0.2, 0.25) is 11.9 Å². The second-order valence-electron chi connectivity index (χ2n) is 5.83. The van der Waals surface area contributed by atoms with E-state index in [-0.39, 0.29) is 5.91 Å². The maximum absolute atomic E-state index is 11.5. The first-order chi connectivity index (χ1) is 11.2. The van der Waals surface area contributed by atoms with Gasteiger partial charge in [-0.05, 0) is 11.6 Å². The van der Waals surface area contributed by atoms with Gasteiger partial charge < -0.3 is 9.80 Å². The van der Waals surface area contributed by atoms with E-state index in [4.69, 9.17) is 0 Å². The summed E-state index contributed by atoms with van der Waals surface area (Å²) in [5.41, 5.74) is 2.13. The molecule has 2 heterocycles. The minimum Gasteiger partial charge on any atom is -0.342 e. The van der Waals surface area contributed by atoms with Crippen molar-refractivity contribution in [1.29, 1.82) is 0 Å². The van der Waals surface area contributed by atoms with Crippen LogP contribution >= 0.6 is 0 Å². The molecule has 5 heteroatoms. The van der Waals surface area contributed by atoms with Gasteiger partial charge in [0.1, 0.15) is 0 Å². The number of nitrogens with zero attached hydrogens (tertiary/aromatic N) is 4. The highest BCUT2D eigenvalue weighted by Gasteiger charge is 2.30. The van der Waals surface area contributed by atoms with E-state index in [9.17, 15) is 4.79 Å². The Morgan fingerprint density at radius 3 is 2.52 bits per heavy atom. The molecule has 5 nitrogen and oxygen atoms in total. The molecule has 1 aromatic heterocycles. The third-order valence-electron chi connectivity index (χ3n) is 4.07. The van der Waals surface area contributed by atoms with Crippen LogP contribution in [-0.4, -0.2) is 47.5 Å². The highest BCUT2D eigenvalue weighted by atomic mass is 16.2. The number of amides is 1. The van der Waals surface area contributed by atoms with Gasteiger partial charge in [-0.25, -0.2) is 9.97 Å². The molecule has 1 saturated heterocycles. The third-order valence-corrected chi connectivity index (χ3v) is 4.07. The average molecular weight is 308 g/mol. The van der Waals surface area contributed by atoms with Crippen LogP contribution in [-0.2, 0) is 4.79 Å². The number of carbonyl (C=O) groups is 1. The predicted molar refractivity (Wildman–Crippen MR) is 91.0 cm³/mol. The molecule has 118 valence electrons. The highest BCUT2D eigenvalue weighted by molar-refractivity contribution is 5.86. The third kappa shape index (κ3) is 3.39. The molecule has 2 aromatic rings. The molecule has 1 aromatic carbocycles. The van der Waals surface area contributed by atoms with Gasteiger partial charge in [0.15, 0.2) is 0 Å². The molecule has 1 aliphatic heterocycles. The van der Waals surface area contributed by atoms with E-state index in [0.29, 0.717) is 5.92 Å². The van der Waals surface area contributed by atoms with Crippen molar-refractivity contribution in [1.82, 2.24) is 14.9 Å². The van der Waals surface area contributed by atoms with Gasteiger partial charge in [-0.3, -0.25) is 4.79 Å². The van der Waals surface area contributed by atoms with Crippen molar-refractivity contribution in [3.8, 4) is 11.1 Å². The summed E-state index contributed by atoms with van der Waals surface area (Å²) in [6.45, 7) is 6.00. The monoisotopic (exact) mass is 308 g/mol. The van der Waals surface area contributed by atoms with Crippen molar-refractivity contribution in [2.24, 2.45) is 5.92 Å². The summed E-state index contributed by atoms with van der Waals surface area (Å²) in [6.07, 6.45) is 5.07. The van der Waals surface area contributed by atoms with Crippen LogP contribution in [0.2, 0.25) is 0 Å². The molecule has 0 bridgehead atoms. The Morgan fingerprint density at radius 2 is 1.91 bits per heavy atom. The van der Waals surface area contributed by atoms with E-state index in [0.717, 1.165) is 36.7 Å². The number of anilines is 1. The van der Waals surface area contributed by atoms with E-state index < -0.39 is 0 Å². The summed E-state index contributed by atoms with van der Waals surface area (Å²) in [4.78, 5) is 24.2. The van der Waals surface area contributed by atoms with Crippen molar-refractivity contribution >= 4 is 11.9 Å². The first kappa shape index (κ1) is 15.2. The standard InChI is InChI=1S/C18H20N4O/c1-3-17(23)21(2)11-14-12-22(13-14)18-19-9-16(10-20-18)15-7-5-4-6-8-15/h3-10,14H,1,11-13H2,2H3. The van der Waals surface area contributed by atoms with Crippen LogP contribution in [0, 0.1) is 5.92 Å². The summed E-state index contributed by atoms with van der Waals surface area (Å²) >= 11 is 0. The number of likely N-dealkylation sites (N-methyl/N-ethyl adjacent to an activating group) is 1. The van der Waals surface area contributed by atoms with Gasteiger partial charge in [0.25, 0.3) is 0 Å². The molecule has 0 N–H and O–H groups in total. The second-order valence-corrected chi connectivity index (χ2v) is 5.83. The Hall–Kier alpha value is -2.69. The topological polar surface area (TPSA) is 49.3 Å².